The monoisotopic (exact) mass is 284 g/mol. The Morgan fingerprint density at radius 3 is 2.81 bits per heavy atom. The van der Waals surface area contributed by atoms with Crippen LogP contribution in [0.4, 0.5) is 0 Å². The second kappa shape index (κ2) is 6.90. The summed E-state index contributed by atoms with van der Waals surface area (Å²) in [6, 6.07) is 9.00. The second-order valence-corrected chi connectivity index (χ2v) is 5.93. The van der Waals surface area contributed by atoms with Crippen LogP contribution < -0.4 is 10.1 Å². The molecule has 0 aliphatic heterocycles. The van der Waals surface area contributed by atoms with Crippen molar-refractivity contribution >= 4 is 10.8 Å². The van der Waals surface area contributed by atoms with Crippen molar-refractivity contribution in [3.8, 4) is 5.75 Å². The summed E-state index contributed by atoms with van der Waals surface area (Å²) in [7, 11) is 0. The van der Waals surface area contributed by atoms with E-state index in [0.717, 1.165) is 30.5 Å². The first kappa shape index (κ1) is 14.3. The van der Waals surface area contributed by atoms with Crippen LogP contribution in [-0.4, -0.2) is 23.7 Å². The first-order chi connectivity index (χ1) is 10.3. The van der Waals surface area contributed by atoms with Gasteiger partial charge in [-0.1, -0.05) is 6.92 Å². The van der Waals surface area contributed by atoms with E-state index in [1.54, 1.807) is 0 Å². The molecular weight excluding hydrogens is 260 g/mol. The van der Waals surface area contributed by atoms with Crippen LogP contribution in [0.15, 0.2) is 36.7 Å². The summed E-state index contributed by atoms with van der Waals surface area (Å²) >= 11 is 0. The number of hydrogen-bond donors (Lipinski definition) is 1. The SMILES string of the molecule is CCCN[C@H]1CC[C@@H](Oc2ccc3cnccc3c2)CC1. The Hall–Kier alpha value is -1.61. The molecule has 0 saturated heterocycles. The van der Waals surface area contributed by atoms with Gasteiger partial charge in [-0.25, -0.2) is 0 Å². The Labute approximate surface area is 126 Å². The summed E-state index contributed by atoms with van der Waals surface area (Å²) in [5, 5.41) is 5.98. The van der Waals surface area contributed by atoms with Gasteiger partial charge < -0.3 is 10.1 Å². The molecule has 1 heterocycles. The van der Waals surface area contributed by atoms with Crippen LogP contribution >= 0.6 is 0 Å². The van der Waals surface area contributed by atoms with E-state index < -0.39 is 0 Å². The third kappa shape index (κ3) is 3.73. The van der Waals surface area contributed by atoms with Crippen LogP contribution in [0.2, 0.25) is 0 Å². The third-order valence-electron chi connectivity index (χ3n) is 4.27. The molecule has 0 bridgehead atoms. The average Bonchev–Trinajstić information content (AvgIpc) is 2.54. The van der Waals surface area contributed by atoms with Gasteiger partial charge in [0.25, 0.3) is 0 Å². The zero-order valence-electron chi connectivity index (χ0n) is 12.7. The zero-order chi connectivity index (χ0) is 14.5. The predicted octanol–water partition coefficient (Wildman–Crippen LogP) is 3.92. The van der Waals surface area contributed by atoms with Gasteiger partial charge in [-0.2, -0.15) is 0 Å². The topological polar surface area (TPSA) is 34.1 Å². The van der Waals surface area contributed by atoms with Crippen molar-refractivity contribution in [2.75, 3.05) is 6.54 Å². The molecule has 0 atom stereocenters. The molecular formula is C18H24N2O. The fourth-order valence-corrected chi connectivity index (χ4v) is 3.06. The van der Waals surface area contributed by atoms with Crippen molar-refractivity contribution in [1.82, 2.24) is 10.3 Å². The van der Waals surface area contributed by atoms with Gasteiger partial charge in [-0.15, -0.1) is 0 Å². The third-order valence-corrected chi connectivity index (χ3v) is 4.27. The molecule has 1 aromatic heterocycles. The number of aromatic nitrogens is 1. The molecule has 0 radical (unpaired) electrons. The molecule has 1 aliphatic carbocycles. The lowest BCUT2D eigenvalue weighted by Crippen LogP contribution is -2.36. The second-order valence-electron chi connectivity index (χ2n) is 5.93. The van der Waals surface area contributed by atoms with Gasteiger partial charge >= 0.3 is 0 Å². The van der Waals surface area contributed by atoms with Crippen molar-refractivity contribution in [2.45, 2.75) is 51.2 Å². The average molecular weight is 284 g/mol. The number of nitrogens with one attached hydrogen (secondary N) is 1. The van der Waals surface area contributed by atoms with E-state index in [4.69, 9.17) is 4.74 Å². The fourth-order valence-electron chi connectivity index (χ4n) is 3.06. The van der Waals surface area contributed by atoms with Gasteiger partial charge in [0, 0.05) is 23.8 Å². The van der Waals surface area contributed by atoms with Gasteiger partial charge in [0.05, 0.1) is 6.10 Å². The van der Waals surface area contributed by atoms with Crippen molar-refractivity contribution in [3.63, 3.8) is 0 Å². The smallest absolute Gasteiger partial charge is 0.120 e. The fraction of sp³-hybridized carbons (Fsp3) is 0.500. The summed E-state index contributed by atoms with van der Waals surface area (Å²) in [4.78, 5) is 4.14. The lowest BCUT2D eigenvalue weighted by molar-refractivity contribution is 0.140. The summed E-state index contributed by atoms with van der Waals surface area (Å²) in [5.74, 6) is 0.985. The lowest BCUT2D eigenvalue weighted by Gasteiger charge is -2.29. The minimum Gasteiger partial charge on any atom is -0.490 e. The van der Waals surface area contributed by atoms with Gasteiger partial charge in [0.1, 0.15) is 5.75 Å². The molecule has 1 aliphatic rings. The number of fused-ring (bicyclic) bond motifs is 1. The number of hydrogen-bond acceptors (Lipinski definition) is 3. The Kier molecular flexibility index (Phi) is 4.71. The highest BCUT2D eigenvalue weighted by molar-refractivity contribution is 5.82. The van der Waals surface area contributed by atoms with E-state index in [1.165, 1.54) is 24.6 Å². The Morgan fingerprint density at radius 1 is 1.14 bits per heavy atom. The predicted molar refractivity (Wildman–Crippen MR) is 86.7 cm³/mol. The largest absolute Gasteiger partial charge is 0.490 e. The molecule has 2 aromatic rings. The Bertz CT molecular complexity index is 576. The maximum atomic E-state index is 6.17. The van der Waals surface area contributed by atoms with Crippen LogP contribution in [0.3, 0.4) is 0 Å². The van der Waals surface area contributed by atoms with Crippen molar-refractivity contribution in [3.05, 3.63) is 36.7 Å². The van der Waals surface area contributed by atoms with Crippen LogP contribution in [0.1, 0.15) is 39.0 Å². The summed E-state index contributed by atoms with van der Waals surface area (Å²) < 4.78 is 6.17. The van der Waals surface area contributed by atoms with Crippen molar-refractivity contribution in [1.29, 1.82) is 0 Å². The summed E-state index contributed by atoms with van der Waals surface area (Å²) in [6.07, 6.45) is 10.0. The molecule has 1 saturated carbocycles. The maximum absolute atomic E-state index is 6.17. The molecule has 1 aromatic carbocycles. The highest BCUT2D eigenvalue weighted by Crippen LogP contribution is 2.26. The molecule has 3 heteroatoms. The minimum atomic E-state index is 0.365. The number of nitrogens with zero attached hydrogens (tertiary/aromatic N) is 1. The van der Waals surface area contributed by atoms with E-state index in [9.17, 15) is 0 Å². The van der Waals surface area contributed by atoms with E-state index in [1.807, 2.05) is 18.5 Å². The van der Waals surface area contributed by atoms with Gasteiger partial charge in [0.15, 0.2) is 0 Å². The zero-order valence-corrected chi connectivity index (χ0v) is 12.7. The molecule has 112 valence electrons. The highest BCUT2D eigenvalue weighted by atomic mass is 16.5. The van der Waals surface area contributed by atoms with E-state index in [-0.39, 0.29) is 0 Å². The summed E-state index contributed by atoms with van der Waals surface area (Å²) in [6.45, 7) is 3.35. The molecule has 0 unspecified atom stereocenters. The first-order valence-corrected chi connectivity index (χ1v) is 8.09. The molecule has 1 fully saturated rings. The van der Waals surface area contributed by atoms with Crippen molar-refractivity contribution < 1.29 is 4.74 Å². The van der Waals surface area contributed by atoms with Gasteiger partial charge in [-0.05, 0) is 68.3 Å². The quantitative estimate of drug-likeness (QED) is 0.903. The molecule has 3 nitrogen and oxygen atoms in total. The van der Waals surface area contributed by atoms with Crippen LogP contribution in [0.25, 0.3) is 10.8 Å². The molecule has 0 spiro atoms. The number of rotatable bonds is 5. The van der Waals surface area contributed by atoms with Crippen LogP contribution in [0, 0.1) is 0 Å². The van der Waals surface area contributed by atoms with Gasteiger partial charge in [0.2, 0.25) is 0 Å². The minimum absolute atomic E-state index is 0.365. The standard InChI is InChI=1S/C18H24N2O/c1-2-10-20-16-4-7-17(8-5-16)21-18-6-3-15-13-19-11-9-14(15)12-18/h3,6,9,11-13,16-17,20H,2,4-5,7-8,10H2,1H3/t16-,17+. The molecule has 21 heavy (non-hydrogen) atoms. The molecule has 0 amide bonds. The van der Waals surface area contributed by atoms with Crippen molar-refractivity contribution in [2.24, 2.45) is 0 Å². The first-order valence-electron chi connectivity index (χ1n) is 8.09. The Balaban J connectivity index is 1.56. The Morgan fingerprint density at radius 2 is 2.00 bits per heavy atom. The van der Waals surface area contributed by atoms with Crippen LogP contribution in [0.5, 0.6) is 5.75 Å². The lowest BCUT2D eigenvalue weighted by atomic mass is 9.93. The van der Waals surface area contributed by atoms with Gasteiger partial charge in [-0.3, -0.25) is 4.98 Å². The molecule has 1 N–H and O–H groups in total. The normalized spacial score (nSPS) is 22.3. The van der Waals surface area contributed by atoms with Crippen LogP contribution in [-0.2, 0) is 0 Å². The number of benzene rings is 1. The van der Waals surface area contributed by atoms with E-state index >= 15 is 0 Å². The van der Waals surface area contributed by atoms with E-state index in [2.05, 4.69) is 35.4 Å². The highest BCUT2D eigenvalue weighted by Gasteiger charge is 2.21. The summed E-state index contributed by atoms with van der Waals surface area (Å²) in [5.41, 5.74) is 0. The number of pyridine rings is 1. The molecule has 3 rings (SSSR count). The maximum Gasteiger partial charge on any atom is 0.120 e. The number of ether oxygens (including phenoxy) is 1. The van der Waals surface area contributed by atoms with E-state index in [0.29, 0.717) is 12.1 Å².